The topological polar surface area (TPSA) is 113 Å². The normalized spacial score (nSPS) is 20.2. The minimum atomic E-state index is -0.277. The highest BCUT2D eigenvalue weighted by Gasteiger charge is 2.27. The van der Waals surface area contributed by atoms with Crippen LogP contribution in [0.3, 0.4) is 0 Å². The Morgan fingerprint density at radius 1 is 1.29 bits per heavy atom. The Hall–Kier alpha value is -2.41. The second-order valence-electron chi connectivity index (χ2n) is 6.22. The number of para-hydroxylation sites is 1. The average molecular weight is 329 g/mol. The summed E-state index contributed by atoms with van der Waals surface area (Å²) in [5.74, 6) is 0.0486. The van der Waals surface area contributed by atoms with E-state index in [2.05, 4.69) is 20.8 Å². The molecule has 2 unspecified atom stereocenters. The van der Waals surface area contributed by atoms with Gasteiger partial charge in [0.25, 0.3) is 5.91 Å². The van der Waals surface area contributed by atoms with Crippen LogP contribution in [0.5, 0.6) is 0 Å². The fourth-order valence-electron chi connectivity index (χ4n) is 3.30. The van der Waals surface area contributed by atoms with Gasteiger partial charge in [0.15, 0.2) is 5.69 Å². The van der Waals surface area contributed by atoms with Crippen LogP contribution in [0.15, 0.2) is 24.3 Å². The number of hydrogen-bond donors (Lipinski definition) is 4. The largest absolute Gasteiger partial charge is 0.353 e. The molecule has 128 valence electrons. The number of benzene rings is 1. The number of fused-ring (bicyclic) bond motifs is 1. The highest BCUT2D eigenvalue weighted by atomic mass is 16.2. The van der Waals surface area contributed by atoms with Gasteiger partial charge in [0.1, 0.15) is 0 Å². The van der Waals surface area contributed by atoms with Crippen molar-refractivity contribution in [1.29, 1.82) is 0 Å². The van der Waals surface area contributed by atoms with Crippen molar-refractivity contribution in [3.05, 3.63) is 30.0 Å². The molecule has 1 fully saturated rings. The van der Waals surface area contributed by atoms with Crippen LogP contribution in [0.2, 0.25) is 0 Å². The predicted octanol–water partition coefficient (Wildman–Crippen LogP) is 0.926. The van der Waals surface area contributed by atoms with E-state index in [1.807, 2.05) is 24.3 Å². The first-order valence-electron chi connectivity index (χ1n) is 8.39. The van der Waals surface area contributed by atoms with Crippen LogP contribution in [0.4, 0.5) is 0 Å². The standard InChI is InChI=1S/C17H23N5O2/c18-10-11-4-3-7-13(11)20-15(23)8-9-19-17(24)16-12-5-1-2-6-14(12)21-22-16/h1-2,5-6,11,13H,3-4,7-10,18H2,(H,19,24)(H,20,23)(H,21,22). The smallest absolute Gasteiger partial charge is 0.272 e. The van der Waals surface area contributed by atoms with Crippen molar-refractivity contribution < 1.29 is 9.59 Å². The van der Waals surface area contributed by atoms with Gasteiger partial charge in [-0.2, -0.15) is 5.10 Å². The van der Waals surface area contributed by atoms with Gasteiger partial charge in [-0.3, -0.25) is 14.7 Å². The van der Waals surface area contributed by atoms with E-state index in [0.717, 1.165) is 30.2 Å². The van der Waals surface area contributed by atoms with Crippen molar-refractivity contribution in [3.8, 4) is 0 Å². The number of carbonyl (C=O) groups excluding carboxylic acids is 2. The maximum absolute atomic E-state index is 12.2. The Morgan fingerprint density at radius 3 is 2.96 bits per heavy atom. The molecule has 1 aromatic carbocycles. The zero-order valence-corrected chi connectivity index (χ0v) is 13.5. The van der Waals surface area contributed by atoms with Crippen molar-refractivity contribution in [3.63, 3.8) is 0 Å². The van der Waals surface area contributed by atoms with Gasteiger partial charge in [-0.15, -0.1) is 0 Å². The second kappa shape index (κ2) is 7.44. The molecule has 2 atom stereocenters. The van der Waals surface area contributed by atoms with Crippen molar-refractivity contribution in [1.82, 2.24) is 20.8 Å². The summed E-state index contributed by atoms with van der Waals surface area (Å²) >= 11 is 0. The second-order valence-corrected chi connectivity index (χ2v) is 6.22. The van der Waals surface area contributed by atoms with Gasteiger partial charge in [0, 0.05) is 24.4 Å². The third-order valence-corrected chi connectivity index (χ3v) is 4.63. The Labute approximate surface area is 140 Å². The van der Waals surface area contributed by atoms with E-state index in [1.54, 1.807) is 0 Å². The molecule has 5 N–H and O–H groups in total. The van der Waals surface area contributed by atoms with E-state index in [-0.39, 0.29) is 30.8 Å². The Kier molecular flexibility index (Phi) is 5.10. The molecule has 3 rings (SSSR count). The molecule has 0 saturated heterocycles. The molecule has 7 nitrogen and oxygen atoms in total. The number of nitrogens with zero attached hydrogens (tertiary/aromatic N) is 1. The van der Waals surface area contributed by atoms with Crippen LogP contribution >= 0.6 is 0 Å². The predicted molar refractivity (Wildman–Crippen MR) is 91.4 cm³/mol. The minimum absolute atomic E-state index is 0.0486. The lowest BCUT2D eigenvalue weighted by atomic mass is 10.0. The fraction of sp³-hybridized carbons (Fsp3) is 0.471. The van der Waals surface area contributed by atoms with Gasteiger partial charge in [-0.1, -0.05) is 24.6 Å². The first-order valence-corrected chi connectivity index (χ1v) is 8.39. The molecule has 1 saturated carbocycles. The third-order valence-electron chi connectivity index (χ3n) is 4.63. The number of nitrogens with one attached hydrogen (secondary N) is 3. The number of aromatic nitrogens is 2. The van der Waals surface area contributed by atoms with E-state index in [1.165, 1.54) is 0 Å². The number of H-pyrrole nitrogens is 1. The molecule has 0 spiro atoms. The summed E-state index contributed by atoms with van der Waals surface area (Å²) in [5.41, 5.74) is 6.89. The molecule has 0 radical (unpaired) electrons. The summed E-state index contributed by atoms with van der Waals surface area (Å²) in [6, 6.07) is 7.62. The third kappa shape index (κ3) is 3.56. The molecule has 0 bridgehead atoms. The van der Waals surface area contributed by atoms with E-state index >= 15 is 0 Å². The monoisotopic (exact) mass is 329 g/mol. The molecule has 1 aliphatic rings. The molecule has 1 aliphatic carbocycles. The molecular weight excluding hydrogens is 306 g/mol. The SMILES string of the molecule is NCC1CCCC1NC(=O)CCNC(=O)c1n[nH]c2ccccc12. The highest BCUT2D eigenvalue weighted by Crippen LogP contribution is 2.24. The Morgan fingerprint density at radius 2 is 2.12 bits per heavy atom. The summed E-state index contributed by atoms with van der Waals surface area (Å²) in [7, 11) is 0. The van der Waals surface area contributed by atoms with Crippen molar-refractivity contribution >= 4 is 22.7 Å². The lowest BCUT2D eigenvalue weighted by Gasteiger charge is -2.19. The summed E-state index contributed by atoms with van der Waals surface area (Å²) in [4.78, 5) is 24.2. The molecule has 2 amide bonds. The van der Waals surface area contributed by atoms with Gasteiger partial charge < -0.3 is 16.4 Å². The van der Waals surface area contributed by atoms with E-state index in [4.69, 9.17) is 5.73 Å². The Balaban J connectivity index is 1.47. The molecule has 0 aliphatic heterocycles. The molecule has 1 heterocycles. The fourth-order valence-corrected chi connectivity index (χ4v) is 3.30. The average Bonchev–Trinajstić information content (AvgIpc) is 3.20. The Bertz CT molecular complexity index is 727. The van der Waals surface area contributed by atoms with Crippen LogP contribution in [-0.4, -0.2) is 41.1 Å². The van der Waals surface area contributed by atoms with Gasteiger partial charge in [0.05, 0.1) is 5.52 Å². The molecule has 24 heavy (non-hydrogen) atoms. The van der Waals surface area contributed by atoms with E-state index < -0.39 is 0 Å². The quantitative estimate of drug-likeness (QED) is 0.631. The van der Waals surface area contributed by atoms with Crippen LogP contribution in [0, 0.1) is 5.92 Å². The summed E-state index contributed by atoms with van der Waals surface area (Å²) in [5, 5.41) is 13.4. The first kappa shape index (κ1) is 16.4. The van der Waals surface area contributed by atoms with Gasteiger partial charge in [0.2, 0.25) is 5.91 Å². The minimum Gasteiger partial charge on any atom is -0.353 e. The lowest BCUT2D eigenvalue weighted by Crippen LogP contribution is -2.41. The highest BCUT2D eigenvalue weighted by molar-refractivity contribution is 6.04. The van der Waals surface area contributed by atoms with Crippen molar-refractivity contribution in [2.45, 2.75) is 31.7 Å². The zero-order chi connectivity index (χ0) is 16.9. The zero-order valence-electron chi connectivity index (χ0n) is 13.5. The summed E-state index contributed by atoms with van der Waals surface area (Å²) < 4.78 is 0. The number of carbonyl (C=O) groups is 2. The number of amides is 2. The van der Waals surface area contributed by atoms with Crippen LogP contribution < -0.4 is 16.4 Å². The number of aromatic amines is 1. The van der Waals surface area contributed by atoms with Gasteiger partial charge in [-0.05, 0) is 31.4 Å². The number of rotatable bonds is 6. The van der Waals surface area contributed by atoms with E-state index in [0.29, 0.717) is 18.2 Å². The molecular formula is C17H23N5O2. The maximum Gasteiger partial charge on any atom is 0.272 e. The van der Waals surface area contributed by atoms with Crippen LogP contribution in [-0.2, 0) is 4.79 Å². The molecule has 1 aromatic heterocycles. The van der Waals surface area contributed by atoms with Crippen LogP contribution in [0.1, 0.15) is 36.2 Å². The van der Waals surface area contributed by atoms with Crippen molar-refractivity contribution in [2.24, 2.45) is 11.7 Å². The number of nitrogens with two attached hydrogens (primary N) is 1. The van der Waals surface area contributed by atoms with Crippen LogP contribution in [0.25, 0.3) is 10.9 Å². The van der Waals surface area contributed by atoms with Gasteiger partial charge >= 0.3 is 0 Å². The summed E-state index contributed by atoms with van der Waals surface area (Å²) in [6.07, 6.45) is 3.42. The summed E-state index contributed by atoms with van der Waals surface area (Å²) in [6.45, 7) is 0.889. The number of hydrogen-bond acceptors (Lipinski definition) is 4. The first-order chi connectivity index (χ1) is 11.7. The van der Waals surface area contributed by atoms with Gasteiger partial charge in [-0.25, -0.2) is 0 Å². The van der Waals surface area contributed by atoms with Crippen molar-refractivity contribution in [2.75, 3.05) is 13.1 Å². The molecule has 2 aromatic rings. The lowest BCUT2D eigenvalue weighted by molar-refractivity contribution is -0.121. The van der Waals surface area contributed by atoms with E-state index in [9.17, 15) is 9.59 Å². The maximum atomic E-state index is 12.2. The molecule has 7 heteroatoms.